The smallest absolute Gasteiger partial charge is 0.261 e. The largest absolute Gasteiger partial charge is 0.401 e. The van der Waals surface area contributed by atoms with Crippen molar-refractivity contribution in [1.82, 2.24) is 0 Å². The highest BCUT2D eigenvalue weighted by molar-refractivity contribution is 6.99. The zero-order valence-corrected chi connectivity index (χ0v) is 19.1. The van der Waals surface area contributed by atoms with Crippen molar-refractivity contribution in [1.29, 1.82) is 0 Å². The number of aliphatic hydroxyl groups is 1. The van der Waals surface area contributed by atoms with Crippen LogP contribution in [0.25, 0.3) is 0 Å². The summed E-state index contributed by atoms with van der Waals surface area (Å²) >= 11 is 0. The second kappa shape index (κ2) is 8.27. The molecule has 0 saturated carbocycles. The molecule has 0 aliphatic carbocycles. The van der Waals surface area contributed by atoms with Gasteiger partial charge in [0.15, 0.2) is 0 Å². The lowest BCUT2D eigenvalue weighted by molar-refractivity contribution is -0.0484. The molecule has 3 aromatic rings. The Bertz CT molecular complexity index is 860. The van der Waals surface area contributed by atoms with E-state index in [2.05, 4.69) is 69.3 Å². The van der Waals surface area contributed by atoms with Crippen molar-refractivity contribution < 1.29 is 9.53 Å². The summed E-state index contributed by atoms with van der Waals surface area (Å²) in [4.78, 5) is 0. The van der Waals surface area contributed by atoms with E-state index in [9.17, 15) is 5.11 Å². The van der Waals surface area contributed by atoms with Gasteiger partial charge < -0.3 is 9.53 Å². The van der Waals surface area contributed by atoms with E-state index < -0.39 is 20.0 Å². The average molecular weight is 405 g/mol. The summed E-state index contributed by atoms with van der Waals surface area (Å²) in [6.45, 7) is 10.6. The van der Waals surface area contributed by atoms with Gasteiger partial charge in [-0.2, -0.15) is 0 Å². The van der Waals surface area contributed by atoms with Gasteiger partial charge in [-0.05, 0) is 34.8 Å². The van der Waals surface area contributed by atoms with Crippen molar-refractivity contribution >= 4 is 18.7 Å². The first kappa shape index (κ1) is 21.5. The summed E-state index contributed by atoms with van der Waals surface area (Å²) in [6, 6.07) is 30.9. The highest BCUT2D eigenvalue weighted by atomic mass is 28.4. The molecule has 0 aliphatic heterocycles. The maximum absolute atomic E-state index is 11.5. The highest BCUT2D eigenvalue weighted by Gasteiger charge is 2.52. The predicted molar refractivity (Wildman–Crippen MR) is 124 cm³/mol. The molecule has 2 nitrogen and oxygen atoms in total. The van der Waals surface area contributed by atoms with Crippen LogP contribution in [0.5, 0.6) is 0 Å². The summed E-state index contributed by atoms with van der Waals surface area (Å²) in [6.07, 6.45) is -0.392. The van der Waals surface area contributed by atoms with Crippen molar-refractivity contribution in [2.75, 3.05) is 0 Å². The Morgan fingerprint density at radius 2 is 1.07 bits per heavy atom. The van der Waals surface area contributed by atoms with Crippen LogP contribution in [0.1, 0.15) is 40.2 Å². The standard InChI is InChI=1S/C26H32O2Si/c1-21(26(5,27)22-15-9-6-10-16-22)28-29(25(2,3)4,23-17-11-7-12-18-23)24-19-13-8-14-20-24/h6-21,27H,1-5H3/t21-,26-/m1/s1. The summed E-state index contributed by atoms with van der Waals surface area (Å²) in [5, 5.41) is 13.8. The van der Waals surface area contributed by atoms with E-state index in [1.807, 2.05) is 56.3 Å². The van der Waals surface area contributed by atoms with E-state index in [1.54, 1.807) is 0 Å². The fraction of sp³-hybridized carbons (Fsp3) is 0.308. The molecule has 0 saturated heterocycles. The number of benzene rings is 3. The van der Waals surface area contributed by atoms with Crippen LogP contribution in [0, 0.1) is 0 Å². The van der Waals surface area contributed by atoms with Crippen LogP contribution in [0.4, 0.5) is 0 Å². The Morgan fingerprint density at radius 1 is 0.690 bits per heavy atom. The molecule has 3 aromatic carbocycles. The third-order valence-corrected chi connectivity index (χ3v) is 11.0. The van der Waals surface area contributed by atoms with E-state index in [1.165, 1.54) is 10.4 Å². The third kappa shape index (κ3) is 4.09. The first-order chi connectivity index (χ1) is 13.7. The number of hydrogen-bond donors (Lipinski definition) is 1. The molecule has 0 amide bonds. The van der Waals surface area contributed by atoms with E-state index in [0.717, 1.165) is 5.56 Å². The molecule has 0 aromatic heterocycles. The average Bonchev–Trinajstić information content (AvgIpc) is 2.72. The normalized spacial score (nSPS) is 15.5. The lowest BCUT2D eigenvalue weighted by atomic mass is 9.91. The SMILES string of the molecule is C[C@@H](O[Si](c1ccccc1)(c1ccccc1)C(C)(C)C)[C@@](C)(O)c1ccccc1. The molecule has 29 heavy (non-hydrogen) atoms. The highest BCUT2D eigenvalue weighted by Crippen LogP contribution is 2.40. The minimum Gasteiger partial charge on any atom is -0.401 e. The quantitative estimate of drug-likeness (QED) is 0.595. The van der Waals surface area contributed by atoms with Crippen LogP contribution >= 0.6 is 0 Å². The molecule has 1 N–H and O–H groups in total. The molecular weight excluding hydrogens is 372 g/mol. The molecule has 0 bridgehead atoms. The van der Waals surface area contributed by atoms with Gasteiger partial charge in [-0.15, -0.1) is 0 Å². The fourth-order valence-electron chi connectivity index (χ4n) is 4.08. The second-order valence-corrected chi connectivity index (χ2v) is 13.2. The number of rotatable bonds is 6. The van der Waals surface area contributed by atoms with Crippen molar-refractivity contribution in [3.8, 4) is 0 Å². The molecule has 0 aliphatic rings. The molecule has 3 heteroatoms. The monoisotopic (exact) mass is 404 g/mol. The Kier molecular flexibility index (Phi) is 6.13. The zero-order valence-electron chi connectivity index (χ0n) is 18.1. The van der Waals surface area contributed by atoms with Gasteiger partial charge in [0.05, 0.1) is 6.10 Å². The van der Waals surface area contributed by atoms with Crippen LogP contribution < -0.4 is 10.4 Å². The minimum absolute atomic E-state index is 0.128. The lowest BCUT2D eigenvalue weighted by Crippen LogP contribution is -2.68. The van der Waals surface area contributed by atoms with Gasteiger partial charge in [-0.25, -0.2) is 0 Å². The predicted octanol–water partition coefficient (Wildman–Crippen LogP) is 4.86. The van der Waals surface area contributed by atoms with E-state index in [4.69, 9.17) is 4.43 Å². The van der Waals surface area contributed by atoms with Gasteiger partial charge in [-0.3, -0.25) is 0 Å². The molecule has 0 fully saturated rings. The minimum atomic E-state index is -2.72. The Morgan fingerprint density at radius 3 is 1.45 bits per heavy atom. The van der Waals surface area contributed by atoms with Crippen LogP contribution in [-0.2, 0) is 10.0 Å². The van der Waals surface area contributed by atoms with Crippen LogP contribution in [-0.4, -0.2) is 19.5 Å². The lowest BCUT2D eigenvalue weighted by Gasteiger charge is -2.47. The maximum Gasteiger partial charge on any atom is 0.261 e. The van der Waals surface area contributed by atoms with Crippen molar-refractivity contribution in [2.45, 2.75) is 51.4 Å². The first-order valence-electron chi connectivity index (χ1n) is 10.3. The summed E-state index contributed by atoms with van der Waals surface area (Å²) < 4.78 is 7.08. The van der Waals surface area contributed by atoms with E-state index >= 15 is 0 Å². The van der Waals surface area contributed by atoms with Gasteiger partial charge in [0.2, 0.25) is 0 Å². The molecule has 152 valence electrons. The molecule has 0 unspecified atom stereocenters. The first-order valence-corrected chi connectivity index (χ1v) is 12.2. The van der Waals surface area contributed by atoms with Crippen molar-refractivity contribution in [3.63, 3.8) is 0 Å². The Hall–Kier alpha value is -2.20. The topological polar surface area (TPSA) is 29.5 Å². The maximum atomic E-state index is 11.5. The van der Waals surface area contributed by atoms with Gasteiger partial charge in [0.1, 0.15) is 5.60 Å². The van der Waals surface area contributed by atoms with E-state index in [0.29, 0.717) is 0 Å². The fourth-order valence-corrected chi connectivity index (χ4v) is 8.86. The molecule has 0 radical (unpaired) electrons. The third-order valence-electron chi connectivity index (χ3n) is 5.92. The van der Waals surface area contributed by atoms with E-state index in [-0.39, 0.29) is 5.04 Å². The summed E-state index contributed by atoms with van der Waals surface area (Å²) in [7, 11) is -2.72. The number of hydrogen-bond acceptors (Lipinski definition) is 2. The molecule has 2 atom stereocenters. The Labute approximate surface area is 176 Å². The summed E-state index contributed by atoms with van der Waals surface area (Å²) in [5.74, 6) is 0. The van der Waals surface area contributed by atoms with Gasteiger partial charge in [0, 0.05) is 0 Å². The molecule has 0 spiro atoms. The van der Waals surface area contributed by atoms with Gasteiger partial charge in [0.25, 0.3) is 8.32 Å². The van der Waals surface area contributed by atoms with Gasteiger partial charge in [-0.1, -0.05) is 112 Å². The zero-order chi connectivity index (χ0) is 21.1. The van der Waals surface area contributed by atoms with Crippen molar-refractivity contribution in [3.05, 3.63) is 96.6 Å². The van der Waals surface area contributed by atoms with Crippen LogP contribution in [0.2, 0.25) is 5.04 Å². The second-order valence-electron chi connectivity index (χ2n) is 8.94. The summed E-state index contributed by atoms with van der Waals surface area (Å²) in [5.41, 5.74) is -0.237. The van der Waals surface area contributed by atoms with Crippen molar-refractivity contribution in [2.24, 2.45) is 0 Å². The molecule has 3 rings (SSSR count). The molecule has 0 heterocycles. The van der Waals surface area contributed by atoms with Gasteiger partial charge >= 0.3 is 0 Å². The Balaban J connectivity index is 2.16. The molecular formula is C26H32O2Si. The van der Waals surface area contributed by atoms with Crippen LogP contribution in [0.3, 0.4) is 0 Å². The van der Waals surface area contributed by atoms with Crippen LogP contribution in [0.15, 0.2) is 91.0 Å².